The molecule has 1 N–H and O–H groups in total. The molecule has 1 aliphatic rings. The highest BCUT2D eigenvalue weighted by molar-refractivity contribution is 6.04. The minimum absolute atomic E-state index is 0.140. The predicted molar refractivity (Wildman–Crippen MR) is 110 cm³/mol. The molecule has 0 fully saturated rings. The lowest BCUT2D eigenvalue weighted by Crippen LogP contribution is -2.27. The second-order valence-electron chi connectivity index (χ2n) is 6.74. The third-order valence-electron chi connectivity index (χ3n) is 4.90. The minimum Gasteiger partial charge on any atom is -0.497 e. The summed E-state index contributed by atoms with van der Waals surface area (Å²) in [4.78, 5) is 23.8. The summed E-state index contributed by atoms with van der Waals surface area (Å²) in [6.07, 6.45) is 0.0422. The van der Waals surface area contributed by atoms with Crippen LogP contribution in [0.5, 0.6) is 17.2 Å². The van der Waals surface area contributed by atoms with Crippen molar-refractivity contribution >= 4 is 17.6 Å². The number of hydrogen-bond acceptors (Lipinski definition) is 6. The van der Waals surface area contributed by atoms with E-state index in [0.29, 0.717) is 29.4 Å². The molecule has 1 amide bonds. The van der Waals surface area contributed by atoms with Crippen LogP contribution < -0.4 is 14.2 Å². The van der Waals surface area contributed by atoms with Crippen molar-refractivity contribution in [2.24, 2.45) is 5.10 Å². The first-order chi connectivity index (χ1) is 14.5. The summed E-state index contributed by atoms with van der Waals surface area (Å²) < 4.78 is 16.2. The molecule has 0 saturated heterocycles. The third kappa shape index (κ3) is 4.53. The Hall–Kier alpha value is -3.55. The number of ether oxygens (including phenoxy) is 3. The highest BCUT2D eigenvalue weighted by atomic mass is 16.5. The van der Waals surface area contributed by atoms with Gasteiger partial charge in [0.25, 0.3) is 0 Å². The molecule has 8 heteroatoms. The maximum atomic E-state index is 12.8. The first-order valence-corrected chi connectivity index (χ1v) is 9.44. The van der Waals surface area contributed by atoms with Crippen molar-refractivity contribution in [1.29, 1.82) is 0 Å². The van der Waals surface area contributed by atoms with Crippen LogP contribution in [0.1, 0.15) is 36.4 Å². The van der Waals surface area contributed by atoms with Crippen molar-refractivity contribution in [1.82, 2.24) is 5.01 Å². The Balaban J connectivity index is 2.00. The van der Waals surface area contributed by atoms with Gasteiger partial charge in [0.05, 0.1) is 39.5 Å². The lowest BCUT2D eigenvalue weighted by atomic mass is 9.97. The van der Waals surface area contributed by atoms with Crippen molar-refractivity contribution in [2.45, 2.75) is 25.3 Å². The maximum absolute atomic E-state index is 12.8. The standard InChI is InChI=1S/C22H24N2O6/c1-28-15-10-14(11-16(12-15)29-2)18-13-19(17-6-4-5-7-20(17)30-3)24(23-18)21(25)8-9-22(26)27/h4-7,10-12,19H,8-9,13H2,1-3H3,(H,26,27). The summed E-state index contributed by atoms with van der Waals surface area (Å²) in [5.41, 5.74) is 2.24. The van der Waals surface area contributed by atoms with Gasteiger partial charge in [0.2, 0.25) is 5.91 Å². The number of aliphatic carboxylic acids is 1. The molecule has 8 nitrogen and oxygen atoms in total. The van der Waals surface area contributed by atoms with E-state index in [4.69, 9.17) is 19.3 Å². The van der Waals surface area contributed by atoms with Crippen LogP contribution in [0.15, 0.2) is 47.6 Å². The van der Waals surface area contributed by atoms with Crippen LogP contribution in [0.4, 0.5) is 0 Å². The van der Waals surface area contributed by atoms with Gasteiger partial charge in [-0.05, 0) is 18.2 Å². The van der Waals surface area contributed by atoms with Gasteiger partial charge in [0, 0.05) is 30.0 Å². The summed E-state index contributed by atoms with van der Waals surface area (Å²) in [5.74, 6) is 0.461. The molecule has 2 aromatic rings. The van der Waals surface area contributed by atoms with Crippen molar-refractivity contribution < 1.29 is 28.9 Å². The van der Waals surface area contributed by atoms with Crippen molar-refractivity contribution in [3.8, 4) is 17.2 Å². The Bertz CT molecular complexity index is 950. The second kappa shape index (κ2) is 9.30. The molecule has 2 aromatic carbocycles. The van der Waals surface area contributed by atoms with E-state index in [2.05, 4.69) is 5.10 Å². The van der Waals surface area contributed by atoms with Crippen molar-refractivity contribution in [3.05, 3.63) is 53.6 Å². The number of carbonyl (C=O) groups is 2. The zero-order chi connectivity index (χ0) is 21.7. The van der Waals surface area contributed by atoms with Gasteiger partial charge in [0.1, 0.15) is 17.2 Å². The second-order valence-corrected chi connectivity index (χ2v) is 6.74. The van der Waals surface area contributed by atoms with E-state index >= 15 is 0 Å². The van der Waals surface area contributed by atoms with Gasteiger partial charge in [0.15, 0.2) is 0 Å². The molecule has 3 rings (SSSR count). The van der Waals surface area contributed by atoms with Gasteiger partial charge in [-0.15, -0.1) is 0 Å². The van der Waals surface area contributed by atoms with Crippen molar-refractivity contribution in [2.75, 3.05) is 21.3 Å². The number of carbonyl (C=O) groups excluding carboxylic acids is 1. The molecule has 0 saturated carbocycles. The predicted octanol–water partition coefficient (Wildman–Crippen LogP) is 3.25. The first kappa shape index (κ1) is 21.2. The van der Waals surface area contributed by atoms with E-state index in [9.17, 15) is 9.59 Å². The van der Waals surface area contributed by atoms with Crippen LogP contribution in [0.25, 0.3) is 0 Å². The van der Waals surface area contributed by atoms with Crippen LogP contribution in [-0.4, -0.2) is 49.0 Å². The topological polar surface area (TPSA) is 97.7 Å². The number of carboxylic acids is 1. The van der Waals surface area contributed by atoms with E-state index in [1.54, 1.807) is 27.4 Å². The average molecular weight is 412 g/mol. The minimum atomic E-state index is -1.03. The van der Waals surface area contributed by atoms with Gasteiger partial charge in [-0.25, -0.2) is 5.01 Å². The first-order valence-electron chi connectivity index (χ1n) is 9.44. The molecule has 0 aliphatic carbocycles. The normalized spacial score (nSPS) is 15.5. The Morgan fingerprint density at radius 1 is 1.03 bits per heavy atom. The SMILES string of the molecule is COc1cc(OC)cc(C2=NN(C(=O)CCC(=O)O)C(c3ccccc3OC)C2)c1. The monoisotopic (exact) mass is 412 g/mol. The molecule has 158 valence electrons. The quantitative estimate of drug-likeness (QED) is 0.715. The Morgan fingerprint density at radius 2 is 1.70 bits per heavy atom. The summed E-state index contributed by atoms with van der Waals surface area (Å²) in [5, 5.41) is 14.9. The van der Waals surface area contributed by atoms with E-state index in [1.165, 1.54) is 5.01 Å². The fourth-order valence-corrected chi connectivity index (χ4v) is 3.40. The number of hydrogen-bond donors (Lipinski definition) is 1. The zero-order valence-electron chi connectivity index (χ0n) is 17.1. The van der Waals surface area contributed by atoms with E-state index in [0.717, 1.165) is 11.1 Å². The smallest absolute Gasteiger partial charge is 0.303 e. The molecule has 1 aliphatic heterocycles. The zero-order valence-corrected chi connectivity index (χ0v) is 17.1. The molecule has 0 bridgehead atoms. The van der Waals surface area contributed by atoms with Crippen LogP contribution in [-0.2, 0) is 9.59 Å². The molecular weight excluding hydrogens is 388 g/mol. The van der Waals surface area contributed by atoms with Crippen LogP contribution >= 0.6 is 0 Å². The molecule has 1 unspecified atom stereocenters. The number of nitrogens with zero attached hydrogens (tertiary/aromatic N) is 2. The fourth-order valence-electron chi connectivity index (χ4n) is 3.40. The van der Waals surface area contributed by atoms with Crippen molar-refractivity contribution in [3.63, 3.8) is 0 Å². The summed E-state index contributed by atoms with van der Waals surface area (Å²) in [6.45, 7) is 0. The molecular formula is C22H24N2O6. The van der Waals surface area contributed by atoms with Gasteiger partial charge >= 0.3 is 5.97 Å². The van der Waals surface area contributed by atoms with E-state index in [-0.39, 0.29) is 18.7 Å². The highest BCUT2D eigenvalue weighted by Gasteiger charge is 2.35. The number of hydrazone groups is 1. The Labute approximate surface area is 174 Å². The van der Waals surface area contributed by atoms with Gasteiger partial charge in [-0.2, -0.15) is 5.10 Å². The number of para-hydroxylation sites is 1. The fraction of sp³-hybridized carbons (Fsp3) is 0.318. The maximum Gasteiger partial charge on any atom is 0.303 e. The number of benzene rings is 2. The molecule has 1 heterocycles. The number of carboxylic acid groups (broad SMARTS) is 1. The summed E-state index contributed by atoms with van der Waals surface area (Å²) in [6, 6.07) is 12.4. The highest BCUT2D eigenvalue weighted by Crippen LogP contribution is 2.38. The molecule has 0 radical (unpaired) electrons. The number of methoxy groups -OCH3 is 3. The molecule has 0 spiro atoms. The Morgan fingerprint density at radius 3 is 2.30 bits per heavy atom. The largest absolute Gasteiger partial charge is 0.497 e. The summed E-state index contributed by atoms with van der Waals surface area (Å²) in [7, 11) is 4.70. The van der Waals surface area contributed by atoms with Crippen LogP contribution in [0.2, 0.25) is 0 Å². The van der Waals surface area contributed by atoms with Gasteiger partial charge in [-0.1, -0.05) is 18.2 Å². The molecule has 1 atom stereocenters. The molecule has 30 heavy (non-hydrogen) atoms. The van der Waals surface area contributed by atoms with Crippen LogP contribution in [0, 0.1) is 0 Å². The van der Waals surface area contributed by atoms with Gasteiger partial charge in [-0.3, -0.25) is 9.59 Å². The van der Waals surface area contributed by atoms with Gasteiger partial charge < -0.3 is 19.3 Å². The van der Waals surface area contributed by atoms with Crippen LogP contribution in [0.3, 0.4) is 0 Å². The van der Waals surface area contributed by atoms with E-state index < -0.39 is 12.0 Å². The molecule has 0 aromatic heterocycles. The lowest BCUT2D eigenvalue weighted by molar-refractivity contribution is -0.141. The lowest BCUT2D eigenvalue weighted by Gasteiger charge is -2.23. The number of amides is 1. The third-order valence-corrected chi connectivity index (χ3v) is 4.90. The number of rotatable bonds is 8. The average Bonchev–Trinajstić information content (AvgIpc) is 3.22. The summed E-state index contributed by atoms with van der Waals surface area (Å²) >= 11 is 0. The Kier molecular flexibility index (Phi) is 6.56. The van der Waals surface area contributed by atoms with E-state index in [1.807, 2.05) is 36.4 Å².